The standard InChI is InChI=1S/C24H19Cl2F3N2O2/c1-14-6-15(2-3-20(14)21(32)31-13-22(12-30)4-5-22)16-10-23(33-11-16,24(27,28)29)17-7-18(25)9-19(26)8-17/h2-3,6-9,11H,4-5,10,13H2,1H3,(H,31,32). The summed E-state index contributed by atoms with van der Waals surface area (Å²) in [6.07, 6.45) is -2.58. The Hall–Kier alpha value is -2.69. The summed E-state index contributed by atoms with van der Waals surface area (Å²) < 4.78 is 47.9. The second-order valence-electron chi connectivity index (χ2n) is 8.53. The van der Waals surface area contributed by atoms with Gasteiger partial charge < -0.3 is 10.1 Å². The van der Waals surface area contributed by atoms with Crippen LogP contribution in [-0.2, 0) is 10.3 Å². The summed E-state index contributed by atoms with van der Waals surface area (Å²) in [5.74, 6) is -0.324. The highest BCUT2D eigenvalue weighted by Gasteiger charge is 2.60. The molecular weight excluding hydrogens is 476 g/mol. The lowest BCUT2D eigenvalue weighted by Crippen LogP contribution is -2.42. The van der Waals surface area contributed by atoms with Gasteiger partial charge in [-0.15, -0.1) is 0 Å². The fourth-order valence-electron chi connectivity index (χ4n) is 3.92. The number of hydrogen-bond donors (Lipinski definition) is 1. The monoisotopic (exact) mass is 494 g/mol. The van der Waals surface area contributed by atoms with E-state index in [0.717, 1.165) is 19.1 Å². The number of benzene rings is 2. The molecule has 1 aliphatic carbocycles. The molecule has 1 fully saturated rings. The molecule has 1 heterocycles. The van der Waals surface area contributed by atoms with Crippen molar-refractivity contribution in [1.82, 2.24) is 5.32 Å². The van der Waals surface area contributed by atoms with Crippen LogP contribution >= 0.6 is 23.2 Å². The summed E-state index contributed by atoms with van der Waals surface area (Å²) >= 11 is 11.9. The Labute approximate surface area is 198 Å². The average Bonchev–Trinajstić information content (AvgIpc) is 3.37. The lowest BCUT2D eigenvalue weighted by Gasteiger charge is -2.32. The van der Waals surface area contributed by atoms with Crippen LogP contribution in [0.15, 0.2) is 42.7 Å². The molecule has 0 aromatic heterocycles. The first kappa shape index (κ1) is 23.5. The van der Waals surface area contributed by atoms with Gasteiger partial charge in [-0.05, 0) is 60.7 Å². The minimum atomic E-state index is -4.73. The van der Waals surface area contributed by atoms with Crippen molar-refractivity contribution in [3.63, 3.8) is 0 Å². The smallest absolute Gasteiger partial charge is 0.432 e. The number of nitriles is 1. The average molecular weight is 495 g/mol. The maximum absolute atomic E-state index is 14.2. The van der Waals surface area contributed by atoms with Crippen LogP contribution in [0.25, 0.3) is 5.57 Å². The number of hydrogen-bond acceptors (Lipinski definition) is 3. The van der Waals surface area contributed by atoms with Crippen LogP contribution in [0.3, 0.4) is 0 Å². The molecule has 9 heteroatoms. The van der Waals surface area contributed by atoms with Crippen LogP contribution in [0, 0.1) is 23.7 Å². The van der Waals surface area contributed by atoms with Crippen LogP contribution < -0.4 is 5.32 Å². The zero-order chi connectivity index (χ0) is 24.0. The van der Waals surface area contributed by atoms with E-state index in [1.54, 1.807) is 25.1 Å². The number of aryl methyl sites for hydroxylation is 1. The number of carbonyl (C=O) groups is 1. The van der Waals surface area contributed by atoms with E-state index in [1.165, 1.54) is 18.2 Å². The molecule has 2 aromatic rings. The van der Waals surface area contributed by atoms with Gasteiger partial charge in [0, 0.05) is 34.1 Å². The Bertz CT molecular complexity index is 1180. The molecule has 0 saturated heterocycles. The number of carbonyl (C=O) groups excluding carboxylic acids is 1. The lowest BCUT2D eigenvalue weighted by atomic mass is 9.85. The molecule has 0 spiro atoms. The Morgan fingerprint density at radius 2 is 1.85 bits per heavy atom. The molecule has 0 bridgehead atoms. The van der Waals surface area contributed by atoms with E-state index < -0.39 is 23.6 Å². The summed E-state index contributed by atoms with van der Waals surface area (Å²) in [6, 6.07) is 10.8. The number of alkyl halides is 3. The van der Waals surface area contributed by atoms with Gasteiger partial charge in [0.05, 0.1) is 17.7 Å². The van der Waals surface area contributed by atoms with Gasteiger partial charge in [-0.1, -0.05) is 35.3 Å². The zero-order valence-electron chi connectivity index (χ0n) is 17.5. The van der Waals surface area contributed by atoms with Crippen molar-refractivity contribution in [2.24, 2.45) is 5.41 Å². The molecule has 1 aliphatic heterocycles. The minimum Gasteiger partial charge on any atom is -0.480 e. The molecule has 1 saturated carbocycles. The van der Waals surface area contributed by atoms with Crippen molar-refractivity contribution in [3.8, 4) is 6.07 Å². The summed E-state index contributed by atoms with van der Waals surface area (Å²) in [4.78, 5) is 12.5. The van der Waals surface area contributed by atoms with E-state index in [2.05, 4.69) is 11.4 Å². The Morgan fingerprint density at radius 1 is 1.18 bits per heavy atom. The third-order valence-electron chi connectivity index (χ3n) is 6.15. The van der Waals surface area contributed by atoms with E-state index in [-0.39, 0.29) is 28.1 Å². The SMILES string of the molecule is Cc1cc(C2=COC(c3cc(Cl)cc(Cl)c3)(C(F)(F)F)C2)ccc1C(=O)NCC1(C#N)CC1. The largest absolute Gasteiger partial charge is 0.480 e. The second-order valence-corrected chi connectivity index (χ2v) is 9.40. The molecular formula is C24H19Cl2F3N2O2. The van der Waals surface area contributed by atoms with Crippen molar-refractivity contribution >= 4 is 34.7 Å². The van der Waals surface area contributed by atoms with Crippen LogP contribution in [0.4, 0.5) is 13.2 Å². The Kier molecular flexibility index (Phi) is 5.88. The van der Waals surface area contributed by atoms with E-state index in [4.69, 9.17) is 33.2 Å². The minimum absolute atomic E-state index is 0.0776. The molecule has 0 radical (unpaired) electrons. The lowest BCUT2D eigenvalue weighted by molar-refractivity contribution is -0.260. The van der Waals surface area contributed by atoms with Gasteiger partial charge in [-0.3, -0.25) is 4.79 Å². The first-order valence-corrected chi connectivity index (χ1v) is 10.9. The highest BCUT2D eigenvalue weighted by Crippen LogP contribution is 2.52. The molecule has 33 heavy (non-hydrogen) atoms. The van der Waals surface area contributed by atoms with Gasteiger partial charge in [-0.2, -0.15) is 18.4 Å². The molecule has 172 valence electrons. The van der Waals surface area contributed by atoms with Crippen LogP contribution in [-0.4, -0.2) is 18.6 Å². The number of halogens is 5. The fourth-order valence-corrected chi connectivity index (χ4v) is 4.45. The van der Waals surface area contributed by atoms with E-state index in [9.17, 15) is 18.0 Å². The topological polar surface area (TPSA) is 62.1 Å². The van der Waals surface area contributed by atoms with E-state index in [0.29, 0.717) is 22.3 Å². The van der Waals surface area contributed by atoms with Crippen molar-refractivity contribution in [2.75, 3.05) is 6.54 Å². The summed E-state index contributed by atoms with van der Waals surface area (Å²) in [7, 11) is 0. The van der Waals surface area contributed by atoms with Crippen LogP contribution in [0.1, 0.15) is 46.3 Å². The highest BCUT2D eigenvalue weighted by molar-refractivity contribution is 6.34. The summed E-state index contributed by atoms with van der Waals surface area (Å²) in [6.45, 7) is 1.98. The van der Waals surface area contributed by atoms with Gasteiger partial charge in [0.2, 0.25) is 5.60 Å². The quantitative estimate of drug-likeness (QED) is 0.512. The number of ether oxygens (including phenoxy) is 1. The third kappa shape index (κ3) is 4.42. The molecule has 1 amide bonds. The van der Waals surface area contributed by atoms with Crippen LogP contribution in [0.2, 0.25) is 10.0 Å². The van der Waals surface area contributed by atoms with Gasteiger partial charge in [0.25, 0.3) is 5.91 Å². The van der Waals surface area contributed by atoms with Crippen molar-refractivity contribution < 1.29 is 22.7 Å². The predicted molar refractivity (Wildman–Crippen MR) is 119 cm³/mol. The number of nitrogens with one attached hydrogen (secondary N) is 1. The number of amides is 1. The van der Waals surface area contributed by atoms with Gasteiger partial charge in [-0.25, -0.2) is 0 Å². The first-order chi connectivity index (χ1) is 15.5. The molecule has 1 N–H and O–H groups in total. The van der Waals surface area contributed by atoms with Crippen LogP contribution in [0.5, 0.6) is 0 Å². The number of nitrogens with zero attached hydrogens (tertiary/aromatic N) is 1. The fraction of sp³-hybridized carbons (Fsp3) is 0.333. The van der Waals surface area contributed by atoms with Gasteiger partial charge in [0.15, 0.2) is 0 Å². The second kappa shape index (κ2) is 8.27. The molecule has 1 unspecified atom stereocenters. The van der Waals surface area contributed by atoms with Crippen molar-refractivity contribution in [2.45, 2.75) is 38.0 Å². The van der Waals surface area contributed by atoms with Gasteiger partial charge >= 0.3 is 6.18 Å². The van der Waals surface area contributed by atoms with Crippen molar-refractivity contribution in [1.29, 1.82) is 5.26 Å². The third-order valence-corrected chi connectivity index (χ3v) is 6.58. The van der Waals surface area contributed by atoms with Crippen molar-refractivity contribution in [3.05, 3.63) is 75.0 Å². The molecule has 1 atom stereocenters. The van der Waals surface area contributed by atoms with E-state index >= 15 is 0 Å². The maximum atomic E-state index is 14.2. The maximum Gasteiger partial charge on any atom is 0.432 e. The number of rotatable bonds is 5. The molecule has 2 aromatic carbocycles. The molecule has 2 aliphatic rings. The zero-order valence-corrected chi connectivity index (χ0v) is 19.0. The van der Waals surface area contributed by atoms with E-state index in [1.807, 2.05) is 0 Å². The highest BCUT2D eigenvalue weighted by atomic mass is 35.5. The molecule has 4 rings (SSSR count). The summed E-state index contributed by atoms with van der Waals surface area (Å²) in [5, 5.41) is 12.1. The Balaban J connectivity index is 1.57. The molecule has 4 nitrogen and oxygen atoms in total. The van der Waals surface area contributed by atoms with Gasteiger partial charge in [0.1, 0.15) is 0 Å². The normalized spacial score (nSPS) is 21.1. The summed E-state index contributed by atoms with van der Waals surface area (Å²) in [5.41, 5.74) is -1.42. The Morgan fingerprint density at radius 3 is 2.39 bits per heavy atom. The predicted octanol–water partition coefficient (Wildman–Crippen LogP) is 6.55. The first-order valence-electron chi connectivity index (χ1n) is 10.2.